The molecule has 0 atom stereocenters. The Hall–Kier alpha value is -0.420. The molecule has 2 heterocycles. The van der Waals surface area contributed by atoms with Crippen molar-refractivity contribution in [2.75, 3.05) is 51.3 Å². The van der Waals surface area contributed by atoms with Crippen molar-refractivity contribution in [1.29, 1.82) is 0 Å². The van der Waals surface area contributed by atoms with Crippen LogP contribution in [0.2, 0.25) is 0 Å². The van der Waals surface area contributed by atoms with Crippen molar-refractivity contribution in [2.24, 2.45) is 4.99 Å². The Kier molecular flexibility index (Phi) is 5.33. The number of hydrogen-bond acceptors (Lipinski definition) is 3. The second-order valence-electron chi connectivity index (χ2n) is 6.63. The SMILES string of the molecule is CN=C(NCC1(N2CCSCC2)CCCC1)N1CCCC1. The zero-order valence-corrected chi connectivity index (χ0v) is 14.3. The van der Waals surface area contributed by atoms with E-state index >= 15 is 0 Å². The highest BCUT2D eigenvalue weighted by molar-refractivity contribution is 7.99. The van der Waals surface area contributed by atoms with Crippen LogP contribution in [0.4, 0.5) is 0 Å². The highest BCUT2D eigenvalue weighted by Crippen LogP contribution is 2.36. The van der Waals surface area contributed by atoms with Crippen LogP contribution in [0.3, 0.4) is 0 Å². The minimum atomic E-state index is 0.399. The van der Waals surface area contributed by atoms with Crippen molar-refractivity contribution < 1.29 is 0 Å². The minimum Gasteiger partial charge on any atom is -0.354 e. The largest absolute Gasteiger partial charge is 0.354 e. The van der Waals surface area contributed by atoms with E-state index in [-0.39, 0.29) is 0 Å². The number of nitrogens with one attached hydrogen (secondary N) is 1. The van der Waals surface area contributed by atoms with Gasteiger partial charge in [-0.3, -0.25) is 9.89 Å². The van der Waals surface area contributed by atoms with Crippen LogP contribution < -0.4 is 5.32 Å². The molecule has 4 nitrogen and oxygen atoms in total. The first-order chi connectivity index (χ1) is 10.3. The van der Waals surface area contributed by atoms with Gasteiger partial charge in [0.2, 0.25) is 0 Å². The molecule has 120 valence electrons. The third-order valence-electron chi connectivity index (χ3n) is 5.41. The summed E-state index contributed by atoms with van der Waals surface area (Å²) in [6, 6.07) is 0. The molecule has 0 aromatic carbocycles. The van der Waals surface area contributed by atoms with Crippen molar-refractivity contribution >= 4 is 17.7 Å². The number of guanidine groups is 1. The molecule has 0 aromatic rings. The van der Waals surface area contributed by atoms with Gasteiger partial charge in [0.05, 0.1) is 0 Å². The lowest BCUT2D eigenvalue weighted by atomic mass is 9.94. The molecule has 3 aliphatic rings. The molecule has 3 rings (SSSR count). The molecule has 1 aliphatic carbocycles. The summed E-state index contributed by atoms with van der Waals surface area (Å²) in [5, 5.41) is 3.72. The van der Waals surface area contributed by atoms with Gasteiger partial charge in [-0.15, -0.1) is 0 Å². The van der Waals surface area contributed by atoms with E-state index in [1.54, 1.807) is 0 Å². The predicted molar refractivity (Wildman–Crippen MR) is 92.3 cm³/mol. The monoisotopic (exact) mass is 310 g/mol. The van der Waals surface area contributed by atoms with Crippen LogP contribution in [0.25, 0.3) is 0 Å². The minimum absolute atomic E-state index is 0.399. The normalized spacial score (nSPS) is 27.3. The average Bonchev–Trinajstić information content (AvgIpc) is 3.21. The highest BCUT2D eigenvalue weighted by atomic mass is 32.2. The lowest BCUT2D eigenvalue weighted by Gasteiger charge is -2.44. The first kappa shape index (κ1) is 15.5. The summed E-state index contributed by atoms with van der Waals surface area (Å²) in [6.45, 7) is 5.98. The van der Waals surface area contributed by atoms with Gasteiger partial charge in [-0.2, -0.15) is 11.8 Å². The van der Waals surface area contributed by atoms with Gasteiger partial charge >= 0.3 is 0 Å². The molecule has 0 radical (unpaired) electrons. The molecule has 0 aromatic heterocycles. The molecule has 0 spiro atoms. The average molecular weight is 311 g/mol. The van der Waals surface area contributed by atoms with Gasteiger partial charge in [-0.1, -0.05) is 12.8 Å². The van der Waals surface area contributed by atoms with E-state index in [1.807, 2.05) is 7.05 Å². The topological polar surface area (TPSA) is 30.9 Å². The first-order valence-electron chi connectivity index (χ1n) is 8.62. The molecule has 0 unspecified atom stereocenters. The molecule has 0 bridgehead atoms. The fourth-order valence-corrected chi connectivity index (χ4v) is 5.08. The van der Waals surface area contributed by atoms with Gasteiger partial charge in [-0.25, -0.2) is 0 Å². The van der Waals surface area contributed by atoms with E-state index < -0.39 is 0 Å². The van der Waals surface area contributed by atoms with E-state index in [1.165, 1.54) is 76.2 Å². The third-order valence-corrected chi connectivity index (χ3v) is 6.35. The van der Waals surface area contributed by atoms with Gasteiger partial charge in [0, 0.05) is 56.8 Å². The zero-order chi connectivity index (χ0) is 14.5. The second-order valence-corrected chi connectivity index (χ2v) is 7.85. The van der Waals surface area contributed by atoms with Crippen molar-refractivity contribution in [1.82, 2.24) is 15.1 Å². The molecule has 1 N–H and O–H groups in total. The third kappa shape index (κ3) is 3.50. The van der Waals surface area contributed by atoms with Crippen LogP contribution in [0.5, 0.6) is 0 Å². The summed E-state index contributed by atoms with van der Waals surface area (Å²) >= 11 is 2.11. The zero-order valence-electron chi connectivity index (χ0n) is 13.4. The van der Waals surface area contributed by atoms with Gasteiger partial charge in [0.1, 0.15) is 0 Å². The van der Waals surface area contributed by atoms with Crippen LogP contribution in [0, 0.1) is 0 Å². The first-order valence-corrected chi connectivity index (χ1v) is 9.78. The highest BCUT2D eigenvalue weighted by Gasteiger charge is 2.40. The maximum Gasteiger partial charge on any atom is 0.193 e. The fraction of sp³-hybridized carbons (Fsp3) is 0.938. The van der Waals surface area contributed by atoms with Crippen molar-refractivity contribution in [3.63, 3.8) is 0 Å². The fourth-order valence-electron chi connectivity index (χ4n) is 4.18. The lowest BCUT2D eigenvalue weighted by Crippen LogP contribution is -2.57. The van der Waals surface area contributed by atoms with Gasteiger partial charge in [0.15, 0.2) is 5.96 Å². The molecule has 3 fully saturated rings. The maximum absolute atomic E-state index is 4.52. The van der Waals surface area contributed by atoms with Crippen molar-refractivity contribution in [2.45, 2.75) is 44.1 Å². The Bertz CT molecular complexity index is 353. The number of likely N-dealkylation sites (tertiary alicyclic amines) is 1. The van der Waals surface area contributed by atoms with Crippen molar-refractivity contribution in [3.8, 4) is 0 Å². The molecule has 5 heteroatoms. The Morgan fingerprint density at radius 2 is 1.71 bits per heavy atom. The van der Waals surface area contributed by atoms with E-state index in [4.69, 9.17) is 0 Å². The summed E-state index contributed by atoms with van der Waals surface area (Å²) in [4.78, 5) is 9.72. The van der Waals surface area contributed by atoms with Gasteiger partial charge in [-0.05, 0) is 25.7 Å². The van der Waals surface area contributed by atoms with Crippen LogP contribution >= 0.6 is 11.8 Å². The maximum atomic E-state index is 4.52. The van der Waals surface area contributed by atoms with Crippen LogP contribution in [0.1, 0.15) is 38.5 Å². The van der Waals surface area contributed by atoms with Gasteiger partial charge < -0.3 is 10.2 Å². The van der Waals surface area contributed by atoms with E-state index in [0.29, 0.717) is 5.54 Å². The number of thioether (sulfide) groups is 1. The van der Waals surface area contributed by atoms with E-state index in [9.17, 15) is 0 Å². The number of nitrogens with zero attached hydrogens (tertiary/aromatic N) is 3. The van der Waals surface area contributed by atoms with Crippen LogP contribution in [0.15, 0.2) is 4.99 Å². The summed E-state index contributed by atoms with van der Waals surface area (Å²) in [5.74, 6) is 3.75. The quantitative estimate of drug-likeness (QED) is 0.638. The summed E-state index contributed by atoms with van der Waals surface area (Å²) in [6.07, 6.45) is 8.15. The second kappa shape index (κ2) is 7.23. The number of aliphatic imine (C=N–C) groups is 1. The molecule has 0 amide bonds. The van der Waals surface area contributed by atoms with Crippen LogP contribution in [-0.2, 0) is 0 Å². The molecule has 2 aliphatic heterocycles. The molecular formula is C16H30N4S. The standard InChI is InChI=1S/C16H30N4S/c1-17-15(19-8-4-5-9-19)18-14-16(6-2-3-7-16)20-10-12-21-13-11-20/h2-14H2,1H3,(H,17,18). The summed E-state index contributed by atoms with van der Waals surface area (Å²) in [5.41, 5.74) is 0.399. The Balaban J connectivity index is 1.61. The molecule has 2 saturated heterocycles. The smallest absolute Gasteiger partial charge is 0.193 e. The number of hydrogen-bond donors (Lipinski definition) is 1. The van der Waals surface area contributed by atoms with E-state index in [0.717, 1.165) is 12.5 Å². The number of rotatable bonds is 3. The summed E-state index contributed by atoms with van der Waals surface area (Å²) < 4.78 is 0. The Labute approximate surface area is 133 Å². The lowest BCUT2D eigenvalue weighted by molar-refractivity contribution is 0.106. The molecule has 21 heavy (non-hydrogen) atoms. The Morgan fingerprint density at radius 3 is 2.33 bits per heavy atom. The van der Waals surface area contributed by atoms with Crippen molar-refractivity contribution in [3.05, 3.63) is 0 Å². The van der Waals surface area contributed by atoms with Crippen LogP contribution in [-0.4, -0.2) is 72.6 Å². The predicted octanol–water partition coefficient (Wildman–Crippen LogP) is 2.02. The van der Waals surface area contributed by atoms with Gasteiger partial charge in [0.25, 0.3) is 0 Å². The summed E-state index contributed by atoms with van der Waals surface area (Å²) in [7, 11) is 1.93. The Morgan fingerprint density at radius 1 is 1.05 bits per heavy atom. The van der Waals surface area contributed by atoms with E-state index in [2.05, 4.69) is 31.9 Å². The molecule has 1 saturated carbocycles. The molecular weight excluding hydrogens is 280 g/mol.